The molecule has 0 N–H and O–H groups in total. The minimum atomic E-state index is 0.173. The molecule has 0 unspecified atom stereocenters. The third kappa shape index (κ3) is 3.06. The van der Waals surface area contributed by atoms with E-state index in [0.29, 0.717) is 12.8 Å². The number of hydrogen-bond donors (Lipinski definition) is 0. The van der Waals surface area contributed by atoms with E-state index in [4.69, 9.17) is 0 Å². The van der Waals surface area contributed by atoms with Gasteiger partial charge in [-0.05, 0) is 36.1 Å². The van der Waals surface area contributed by atoms with Gasteiger partial charge in [0.25, 0.3) is 0 Å². The molecule has 1 aromatic rings. The van der Waals surface area contributed by atoms with Crippen molar-refractivity contribution in [3.05, 3.63) is 28.8 Å². The SMILES string of the molecule is O=CN1CCN(CCC(=O)c2cc3c4c(c2)CCN4C(=O)CC3)CC1. The van der Waals surface area contributed by atoms with Crippen LogP contribution in [0.4, 0.5) is 5.69 Å². The van der Waals surface area contributed by atoms with Gasteiger partial charge >= 0.3 is 0 Å². The molecule has 2 amide bonds. The highest BCUT2D eigenvalue weighted by molar-refractivity contribution is 6.02. The van der Waals surface area contributed by atoms with Gasteiger partial charge in [-0.15, -0.1) is 0 Å². The highest BCUT2D eigenvalue weighted by Crippen LogP contribution is 2.37. The molecule has 132 valence electrons. The summed E-state index contributed by atoms with van der Waals surface area (Å²) in [6.07, 6.45) is 3.54. The Labute approximate surface area is 147 Å². The van der Waals surface area contributed by atoms with E-state index in [1.807, 2.05) is 17.0 Å². The van der Waals surface area contributed by atoms with Crippen molar-refractivity contribution in [3.8, 4) is 0 Å². The van der Waals surface area contributed by atoms with Gasteiger partial charge in [0.15, 0.2) is 5.78 Å². The second-order valence-electron chi connectivity index (χ2n) is 7.09. The van der Waals surface area contributed by atoms with Crippen molar-refractivity contribution in [1.82, 2.24) is 9.80 Å². The van der Waals surface area contributed by atoms with E-state index in [0.717, 1.165) is 80.9 Å². The summed E-state index contributed by atoms with van der Waals surface area (Å²) in [6.45, 7) is 4.63. The predicted molar refractivity (Wildman–Crippen MR) is 93.8 cm³/mol. The monoisotopic (exact) mass is 341 g/mol. The molecule has 4 rings (SSSR count). The maximum Gasteiger partial charge on any atom is 0.227 e. The quantitative estimate of drug-likeness (QED) is 0.589. The number of anilines is 1. The average molecular weight is 341 g/mol. The first-order valence-electron chi connectivity index (χ1n) is 9.07. The lowest BCUT2D eigenvalue weighted by atomic mass is 9.94. The van der Waals surface area contributed by atoms with Crippen molar-refractivity contribution in [2.45, 2.75) is 25.7 Å². The number of ketones is 1. The number of amides is 2. The fraction of sp³-hybridized carbons (Fsp3) is 0.526. The molecular formula is C19H23N3O3. The zero-order valence-electron chi connectivity index (χ0n) is 14.4. The van der Waals surface area contributed by atoms with Gasteiger partial charge in [0, 0.05) is 57.7 Å². The minimum absolute atomic E-state index is 0.173. The van der Waals surface area contributed by atoms with E-state index in [-0.39, 0.29) is 11.7 Å². The number of rotatable bonds is 5. The molecular weight excluding hydrogens is 318 g/mol. The Morgan fingerprint density at radius 3 is 2.44 bits per heavy atom. The van der Waals surface area contributed by atoms with Crippen molar-refractivity contribution in [2.75, 3.05) is 44.2 Å². The largest absolute Gasteiger partial charge is 0.343 e. The van der Waals surface area contributed by atoms with Crippen LogP contribution in [0.5, 0.6) is 0 Å². The maximum absolute atomic E-state index is 12.7. The van der Waals surface area contributed by atoms with E-state index >= 15 is 0 Å². The number of Topliss-reactive ketones (excluding diaryl/α,β-unsaturated/α-hetero) is 1. The zero-order valence-corrected chi connectivity index (χ0v) is 14.4. The summed E-state index contributed by atoms with van der Waals surface area (Å²) >= 11 is 0. The number of aryl methyl sites for hydroxylation is 1. The van der Waals surface area contributed by atoms with Gasteiger partial charge in [-0.2, -0.15) is 0 Å². The van der Waals surface area contributed by atoms with E-state index in [2.05, 4.69) is 4.90 Å². The highest BCUT2D eigenvalue weighted by atomic mass is 16.2. The second-order valence-corrected chi connectivity index (χ2v) is 7.09. The number of benzene rings is 1. The fourth-order valence-corrected chi connectivity index (χ4v) is 4.12. The Kier molecular flexibility index (Phi) is 4.29. The van der Waals surface area contributed by atoms with Gasteiger partial charge in [-0.3, -0.25) is 19.3 Å². The molecule has 0 radical (unpaired) electrons. The molecule has 3 aliphatic rings. The molecule has 0 aromatic heterocycles. The van der Waals surface area contributed by atoms with Gasteiger partial charge in [0.1, 0.15) is 0 Å². The van der Waals surface area contributed by atoms with Crippen LogP contribution in [-0.2, 0) is 22.4 Å². The van der Waals surface area contributed by atoms with Crippen LogP contribution in [0, 0.1) is 0 Å². The summed E-state index contributed by atoms with van der Waals surface area (Å²) in [5, 5.41) is 0. The standard InChI is InChI=1S/C19H23N3O3/c23-13-21-9-7-20(8-10-21)5-4-17(24)16-11-14-1-2-18(25)22-6-3-15(12-16)19(14)22/h11-13H,1-10H2. The number of nitrogens with zero attached hydrogens (tertiary/aromatic N) is 3. The summed E-state index contributed by atoms with van der Waals surface area (Å²) in [6, 6.07) is 3.99. The van der Waals surface area contributed by atoms with Gasteiger partial charge in [0.2, 0.25) is 12.3 Å². The Morgan fingerprint density at radius 2 is 1.72 bits per heavy atom. The number of piperazine rings is 1. The van der Waals surface area contributed by atoms with Crippen molar-refractivity contribution in [2.24, 2.45) is 0 Å². The van der Waals surface area contributed by atoms with E-state index in [9.17, 15) is 14.4 Å². The average Bonchev–Trinajstić information content (AvgIpc) is 3.08. The molecule has 0 spiro atoms. The van der Waals surface area contributed by atoms with Gasteiger partial charge in [0.05, 0.1) is 5.69 Å². The smallest absolute Gasteiger partial charge is 0.227 e. The van der Waals surface area contributed by atoms with Crippen molar-refractivity contribution < 1.29 is 14.4 Å². The third-order valence-corrected chi connectivity index (χ3v) is 5.58. The van der Waals surface area contributed by atoms with Gasteiger partial charge < -0.3 is 9.80 Å². The Balaban J connectivity index is 1.42. The number of carbonyl (C=O) groups is 3. The molecule has 0 atom stereocenters. The van der Waals surface area contributed by atoms with Crippen molar-refractivity contribution >= 4 is 23.8 Å². The lowest BCUT2D eigenvalue weighted by Crippen LogP contribution is -2.46. The molecule has 0 saturated carbocycles. The molecule has 6 heteroatoms. The molecule has 0 aliphatic carbocycles. The van der Waals surface area contributed by atoms with Crippen molar-refractivity contribution in [1.29, 1.82) is 0 Å². The van der Waals surface area contributed by atoms with Crippen LogP contribution in [0.3, 0.4) is 0 Å². The molecule has 1 saturated heterocycles. The van der Waals surface area contributed by atoms with Crippen LogP contribution in [0.15, 0.2) is 12.1 Å². The van der Waals surface area contributed by atoms with E-state index in [1.165, 1.54) is 0 Å². The summed E-state index contributed by atoms with van der Waals surface area (Å²) in [4.78, 5) is 41.3. The molecule has 1 aromatic carbocycles. The van der Waals surface area contributed by atoms with Gasteiger partial charge in [-0.25, -0.2) is 0 Å². The molecule has 0 bridgehead atoms. The highest BCUT2D eigenvalue weighted by Gasteiger charge is 2.32. The maximum atomic E-state index is 12.7. The molecule has 3 aliphatic heterocycles. The summed E-state index contributed by atoms with van der Waals surface area (Å²) in [7, 11) is 0. The van der Waals surface area contributed by atoms with Crippen molar-refractivity contribution in [3.63, 3.8) is 0 Å². The van der Waals surface area contributed by atoms with Gasteiger partial charge in [-0.1, -0.05) is 0 Å². The molecule has 25 heavy (non-hydrogen) atoms. The molecule has 6 nitrogen and oxygen atoms in total. The van der Waals surface area contributed by atoms with Crippen LogP contribution in [0.1, 0.15) is 34.3 Å². The molecule has 1 fully saturated rings. The van der Waals surface area contributed by atoms with Crippen LogP contribution in [0.2, 0.25) is 0 Å². The lowest BCUT2D eigenvalue weighted by molar-refractivity contribution is -0.120. The third-order valence-electron chi connectivity index (χ3n) is 5.58. The Morgan fingerprint density at radius 1 is 1.00 bits per heavy atom. The van der Waals surface area contributed by atoms with Crippen LogP contribution < -0.4 is 4.90 Å². The Bertz CT molecular complexity index is 723. The van der Waals surface area contributed by atoms with E-state index < -0.39 is 0 Å². The first-order chi connectivity index (χ1) is 12.2. The first kappa shape index (κ1) is 16.3. The van der Waals surface area contributed by atoms with Crippen LogP contribution in [-0.4, -0.2) is 67.2 Å². The fourth-order valence-electron chi connectivity index (χ4n) is 4.12. The number of carbonyl (C=O) groups excluding carboxylic acids is 3. The predicted octanol–water partition coefficient (Wildman–Crippen LogP) is 0.869. The minimum Gasteiger partial charge on any atom is -0.343 e. The summed E-state index contributed by atoms with van der Waals surface area (Å²) in [5.74, 6) is 0.381. The normalized spacial score (nSPS) is 19.9. The summed E-state index contributed by atoms with van der Waals surface area (Å²) < 4.78 is 0. The zero-order chi connectivity index (χ0) is 17.4. The topological polar surface area (TPSA) is 60.9 Å². The number of hydrogen-bond acceptors (Lipinski definition) is 4. The molecule has 3 heterocycles. The lowest BCUT2D eigenvalue weighted by Gasteiger charge is -2.32. The van der Waals surface area contributed by atoms with Crippen LogP contribution in [0.25, 0.3) is 0 Å². The van der Waals surface area contributed by atoms with Crippen LogP contribution >= 0.6 is 0 Å². The second kappa shape index (κ2) is 6.59. The summed E-state index contributed by atoms with van der Waals surface area (Å²) in [5.41, 5.74) is 4.15. The first-order valence-corrected chi connectivity index (χ1v) is 9.07. The Hall–Kier alpha value is -2.21. The van der Waals surface area contributed by atoms with E-state index in [1.54, 1.807) is 4.90 Å².